The summed E-state index contributed by atoms with van der Waals surface area (Å²) < 4.78 is 59.4. The van der Waals surface area contributed by atoms with Crippen LogP contribution >= 0.6 is 0 Å². The van der Waals surface area contributed by atoms with Gasteiger partial charge in [-0.3, -0.25) is 9.59 Å². The molecule has 0 aliphatic heterocycles. The summed E-state index contributed by atoms with van der Waals surface area (Å²) in [6.07, 6.45) is -4.97. The van der Waals surface area contributed by atoms with Gasteiger partial charge in [-0.15, -0.1) is 0 Å². The number of aliphatic carboxylic acids is 1. The third-order valence-electron chi connectivity index (χ3n) is 6.75. The Balaban J connectivity index is 1.66. The third kappa shape index (κ3) is 6.07. The van der Waals surface area contributed by atoms with Crippen LogP contribution in [-0.4, -0.2) is 30.1 Å². The predicted octanol–water partition coefficient (Wildman–Crippen LogP) is 6.17. The van der Waals surface area contributed by atoms with Crippen molar-refractivity contribution >= 4 is 23.3 Å². The van der Waals surface area contributed by atoms with Crippen molar-refractivity contribution in [2.24, 2.45) is 11.8 Å². The number of carbonyl (C=O) groups is 2. The van der Waals surface area contributed by atoms with Crippen LogP contribution in [-0.2, 0) is 15.8 Å². The second-order valence-electron chi connectivity index (χ2n) is 9.15. The zero-order valence-corrected chi connectivity index (χ0v) is 20.3. The maximum atomic E-state index is 14.5. The van der Waals surface area contributed by atoms with E-state index in [4.69, 9.17) is 4.74 Å². The van der Waals surface area contributed by atoms with Gasteiger partial charge >= 0.3 is 12.1 Å². The molecule has 0 heterocycles. The van der Waals surface area contributed by atoms with E-state index in [1.807, 2.05) is 6.07 Å². The molecular formula is C28H26F4N2O4. The van der Waals surface area contributed by atoms with Gasteiger partial charge < -0.3 is 20.5 Å². The molecule has 0 saturated heterocycles. The molecule has 3 aromatic rings. The minimum absolute atomic E-state index is 0.0189. The molecule has 1 amide bonds. The third-order valence-corrected chi connectivity index (χ3v) is 6.75. The number of alkyl halides is 3. The zero-order valence-electron chi connectivity index (χ0n) is 20.3. The first-order chi connectivity index (χ1) is 18.1. The summed E-state index contributed by atoms with van der Waals surface area (Å²) in [6.45, 7) is 0. The minimum atomic E-state index is -4.75. The Morgan fingerprint density at radius 3 is 2.24 bits per heavy atom. The molecule has 0 aromatic heterocycles. The Kier molecular flexibility index (Phi) is 7.89. The van der Waals surface area contributed by atoms with Crippen molar-refractivity contribution < 1.29 is 37.0 Å². The lowest BCUT2D eigenvalue weighted by atomic mass is 9.67. The molecule has 1 aliphatic rings. The lowest BCUT2D eigenvalue weighted by Gasteiger charge is -2.39. The van der Waals surface area contributed by atoms with E-state index in [0.29, 0.717) is 29.9 Å². The number of hydrogen-bond donors (Lipinski definition) is 3. The van der Waals surface area contributed by atoms with Crippen molar-refractivity contribution in [3.8, 4) is 5.75 Å². The number of rotatable bonds is 7. The van der Waals surface area contributed by atoms with Gasteiger partial charge in [-0.25, -0.2) is 4.39 Å². The van der Waals surface area contributed by atoms with Gasteiger partial charge in [-0.05, 0) is 60.9 Å². The molecule has 0 bridgehead atoms. The summed E-state index contributed by atoms with van der Waals surface area (Å²) in [6, 6.07) is 17.8. The monoisotopic (exact) mass is 530 g/mol. The van der Waals surface area contributed by atoms with Crippen LogP contribution in [0.25, 0.3) is 0 Å². The van der Waals surface area contributed by atoms with Gasteiger partial charge in [-0.2, -0.15) is 13.2 Å². The van der Waals surface area contributed by atoms with Crippen LogP contribution in [0.3, 0.4) is 0 Å². The number of hydrogen-bond acceptors (Lipinski definition) is 4. The largest absolute Gasteiger partial charge is 0.490 e. The van der Waals surface area contributed by atoms with E-state index in [-0.39, 0.29) is 6.42 Å². The van der Waals surface area contributed by atoms with Crippen LogP contribution in [0.5, 0.6) is 5.75 Å². The molecule has 10 heteroatoms. The first-order valence-corrected chi connectivity index (χ1v) is 12.0. The maximum Gasteiger partial charge on any atom is 0.416 e. The molecule has 4 rings (SSSR count). The van der Waals surface area contributed by atoms with E-state index in [2.05, 4.69) is 10.6 Å². The first kappa shape index (κ1) is 27.0. The van der Waals surface area contributed by atoms with Gasteiger partial charge in [0.1, 0.15) is 17.7 Å². The fraction of sp³-hybridized carbons (Fsp3) is 0.286. The molecule has 0 unspecified atom stereocenters. The van der Waals surface area contributed by atoms with Crippen molar-refractivity contribution in [2.75, 3.05) is 17.7 Å². The molecule has 0 spiro atoms. The number of halogens is 4. The van der Waals surface area contributed by atoms with Crippen molar-refractivity contribution in [1.82, 2.24) is 0 Å². The van der Waals surface area contributed by atoms with Gasteiger partial charge in [-0.1, -0.05) is 30.3 Å². The number of carboxylic acids is 1. The molecule has 200 valence electrons. The topological polar surface area (TPSA) is 87.7 Å². The lowest BCUT2D eigenvalue weighted by Crippen LogP contribution is -2.45. The van der Waals surface area contributed by atoms with E-state index in [9.17, 15) is 32.3 Å². The molecule has 0 radical (unpaired) electrons. The van der Waals surface area contributed by atoms with Gasteiger partial charge in [0, 0.05) is 18.7 Å². The summed E-state index contributed by atoms with van der Waals surface area (Å²) in [5.41, 5.74) is -0.152. The number of carboxylic acid groups (broad SMARTS) is 1. The quantitative estimate of drug-likeness (QED) is 0.318. The Morgan fingerprint density at radius 1 is 0.974 bits per heavy atom. The highest BCUT2D eigenvalue weighted by Gasteiger charge is 2.47. The standard InChI is InChI=1S/C28H26F4N2O4/c1-33-18-10-7-16(8-11-18)21-14-20(38-19-5-3-2-4-6-19)15-22(25(21)27(36)37)26(35)34-24-12-9-17(13-23(24)29)28(30,31)32/h2-13,20-22,25,33H,14-15H2,1H3,(H,34,35)(H,36,37)/t20-,21-,22-,25-/m1/s1. The molecule has 1 saturated carbocycles. The van der Waals surface area contributed by atoms with E-state index >= 15 is 0 Å². The fourth-order valence-corrected chi connectivity index (χ4v) is 4.90. The molecular weight excluding hydrogens is 504 g/mol. The van der Waals surface area contributed by atoms with Gasteiger partial charge in [0.15, 0.2) is 0 Å². The lowest BCUT2D eigenvalue weighted by molar-refractivity contribution is -0.150. The second kappa shape index (κ2) is 11.1. The fourth-order valence-electron chi connectivity index (χ4n) is 4.90. The van der Waals surface area contributed by atoms with Crippen LogP contribution in [0, 0.1) is 17.7 Å². The molecule has 38 heavy (non-hydrogen) atoms. The summed E-state index contributed by atoms with van der Waals surface area (Å²) in [5, 5.41) is 15.5. The van der Waals surface area contributed by atoms with Crippen LogP contribution in [0.15, 0.2) is 72.8 Å². The predicted molar refractivity (Wildman–Crippen MR) is 133 cm³/mol. The minimum Gasteiger partial charge on any atom is -0.490 e. The summed E-state index contributed by atoms with van der Waals surface area (Å²) in [4.78, 5) is 25.8. The average Bonchev–Trinajstić information content (AvgIpc) is 2.89. The van der Waals surface area contributed by atoms with Gasteiger partial charge in [0.25, 0.3) is 0 Å². The number of ether oxygens (including phenoxy) is 1. The highest BCUT2D eigenvalue weighted by Crippen LogP contribution is 2.44. The molecule has 1 aliphatic carbocycles. The second-order valence-corrected chi connectivity index (χ2v) is 9.15. The average molecular weight is 531 g/mol. The Labute approximate surface area is 216 Å². The smallest absolute Gasteiger partial charge is 0.416 e. The molecule has 4 atom stereocenters. The number of para-hydroxylation sites is 1. The highest BCUT2D eigenvalue weighted by molar-refractivity contribution is 5.95. The van der Waals surface area contributed by atoms with Crippen LogP contribution < -0.4 is 15.4 Å². The van der Waals surface area contributed by atoms with Crippen molar-refractivity contribution in [3.05, 3.63) is 89.7 Å². The Morgan fingerprint density at radius 2 is 1.66 bits per heavy atom. The van der Waals surface area contributed by atoms with Crippen molar-refractivity contribution in [1.29, 1.82) is 0 Å². The van der Waals surface area contributed by atoms with Crippen LogP contribution in [0.1, 0.15) is 29.9 Å². The van der Waals surface area contributed by atoms with Crippen molar-refractivity contribution in [2.45, 2.75) is 31.0 Å². The number of carbonyl (C=O) groups excluding carboxylic acids is 1. The molecule has 1 fully saturated rings. The SMILES string of the molecule is CNc1ccc([C@H]2C[C@@H](Oc3ccccc3)C[C@@H](C(=O)Nc3ccc(C(F)(F)F)cc3F)[C@@H]2C(=O)O)cc1. The van der Waals surface area contributed by atoms with Gasteiger partial charge in [0.2, 0.25) is 5.91 Å². The normalized spacial score (nSPS) is 21.4. The molecule has 3 aromatic carbocycles. The summed E-state index contributed by atoms with van der Waals surface area (Å²) >= 11 is 0. The summed E-state index contributed by atoms with van der Waals surface area (Å²) in [7, 11) is 1.75. The van der Waals surface area contributed by atoms with E-state index < -0.39 is 59.0 Å². The first-order valence-electron chi connectivity index (χ1n) is 12.0. The number of anilines is 2. The highest BCUT2D eigenvalue weighted by atomic mass is 19.4. The van der Waals surface area contributed by atoms with Crippen LogP contribution in [0.4, 0.5) is 28.9 Å². The van der Waals surface area contributed by atoms with E-state index in [0.717, 1.165) is 11.8 Å². The maximum absolute atomic E-state index is 14.5. The van der Waals surface area contributed by atoms with Crippen LogP contribution in [0.2, 0.25) is 0 Å². The molecule has 3 N–H and O–H groups in total. The van der Waals surface area contributed by atoms with Crippen molar-refractivity contribution in [3.63, 3.8) is 0 Å². The van der Waals surface area contributed by atoms with Gasteiger partial charge in [0.05, 0.1) is 23.1 Å². The molecule has 6 nitrogen and oxygen atoms in total. The Bertz CT molecular complexity index is 1280. The number of benzene rings is 3. The zero-order chi connectivity index (χ0) is 27.4. The van der Waals surface area contributed by atoms with E-state index in [1.165, 1.54) is 0 Å². The van der Waals surface area contributed by atoms with E-state index in [1.54, 1.807) is 55.6 Å². The Hall–Kier alpha value is -4.08. The number of amides is 1. The number of nitrogens with one attached hydrogen (secondary N) is 2. The summed E-state index contributed by atoms with van der Waals surface area (Å²) in [5.74, 6) is -5.69.